The number of amides is 1. The molecule has 2 atom stereocenters. The summed E-state index contributed by atoms with van der Waals surface area (Å²) in [5.74, 6) is -1.99. The number of ether oxygens (including phenoxy) is 2. The second kappa shape index (κ2) is 5.39. The number of hydrogen-bond donors (Lipinski definition) is 2. The van der Waals surface area contributed by atoms with E-state index < -0.39 is 23.8 Å². The highest BCUT2D eigenvalue weighted by atomic mass is 16.6. The molecule has 1 rings (SSSR count). The third-order valence-corrected chi connectivity index (χ3v) is 2.37. The molecular weight excluding hydrogens is 214 g/mol. The molecule has 0 saturated carbocycles. The predicted octanol–water partition coefficient (Wildman–Crippen LogP) is 0.1000. The Morgan fingerprint density at radius 1 is 1.44 bits per heavy atom. The lowest BCUT2D eigenvalue weighted by Gasteiger charge is -2.20. The van der Waals surface area contributed by atoms with Crippen LogP contribution in [0.15, 0.2) is 12.0 Å². The summed E-state index contributed by atoms with van der Waals surface area (Å²) in [5, 5.41) is 11.3. The predicted molar refractivity (Wildman–Crippen MR) is 54.4 cm³/mol. The molecule has 0 radical (unpaired) electrons. The maximum Gasteiger partial charge on any atom is 0.308 e. The van der Waals surface area contributed by atoms with Gasteiger partial charge in [-0.15, -0.1) is 0 Å². The minimum atomic E-state index is -0.956. The van der Waals surface area contributed by atoms with Crippen LogP contribution in [0.1, 0.15) is 13.8 Å². The third-order valence-electron chi connectivity index (χ3n) is 2.37. The maximum absolute atomic E-state index is 11.6. The lowest BCUT2D eigenvalue weighted by Crippen LogP contribution is -2.41. The second-order valence-electron chi connectivity index (χ2n) is 3.59. The van der Waals surface area contributed by atoms with Gasteiger partial charge in [0, 0.05) is 6.04 Å². The van der Waals surface area contributed by atoms with Crippen LogP contribution in [-0.2, 0) is 19.1 Å². The Balaban J connectivity index is 2.50. The van der Waals surface area contributed by atoms with Gasteiger partial charge in [0.25, 0.3) is 5.91 Å². The molecule has 0 spiro atoms. The fraction of sp³-hybridized carbons (Fsp3) is 0.600. The van der Waals surface area contributed by atoms with Crippen molar-refractivity contribution >= 4 is 11.9 Å². The molecule has 2 unspecified atom stereocenters. The molecule has 2 N–H and O–H groups in total. The molecule has 16 heavy (non-hydrogen) atoms. The average Bonchev–Trinajstić information content (AvgIpc) is 2.28. The summed E-state index contributed by atoms with van der Waals surface area (Å²) < 4.78 is 9.99. The smallest absolute Gasteiger partial charge is 0.308 e. The molecular formula is C10H15NO5. The van der Waals surface area contributed by atoms with Crippen LogP contribution in [-0.4, -0.2) is 36.2 Å². The van der Waals surface area contributed by atoms with Crippen LogP contribution in [0.3, 0.4) is 0 Å². The Kier molecular flexibility index (Phi) is 4.16. The highest BCUT2D eigenvalue weighted by Gasteiger charge is 2.23. The quantitative estimate of drug-likeness (QED) is 0.714. The van der Waals surface area contributed by atoms with Crippen LogP contribution in [0.5, 0.6) is 0 Å². The molecule has 0 aromatic carbocycles. The number of hydrogen-bond acceptors (Lipinski definition) is 4. The molecule has 0 aromatic rings. The molecule has 1 heterocycles. The Bertz CT molecular complexity index is 312. The summed E-state index contributed by atoms with van der Waals surface area (Å²) in [6.07, 6.45) is 1.23. The Hall–Kier alpha value is -1.72. The highest BCUT2D eigenvalue weighted by molar-refractivity contribution is 5.91. The van der Waals surface area contributed by atoms with E-state index in [9.17, 15) is 9.59 Å². The number of nitrogens with one attached hydrogen (secondary N) is 1. The van der Waals surface area contributed by atoms with Crippen LogP contribution in [0.2, 0.25) is 0 Å². The van der Waals surface area contributed by atoms with Crippen LogP contribution in [0.4, 0.5) is 0 Å². The highest BCUT2D eigenvalue weighted by Crippen LogP contribution is 2.07. The lowest BCUT2D eigenvalue weighted by atomic mass is 10.0. The fourth-order valence-electron chi connectivity index (χ4n) is 1.10. The van der Waals surface area contributed by atoms with Gasteiger partial charge in [0.2, 0.25) is 5.76 Å². The van der Waals surface area contributed by atoms with Crippen LogP contribution >= 0.6 is 0 Å². The Morgan fingerprint density at radius 2 is 2.12 bits per heavy atom. The monoisotopic (exact) mass is 229 g/mol. The van der Waals surface area contributed by atoms with E-state index in [0.29, 0.717) is 13.2 Å². The average molecular weight is 229 g/mol. The van der Waals surface area contributed by atoms with Crippen LogP contribution in [0.25, 0.3) is 0 Å². The van der Waals surface area contributed by atoms with Gasteiger partial charge >= 0.3 is 5.97 Å². The summed E-state index contributed by atoms with van der Waals surface area (Å²) in [7, 11) is 0. The summed E-state index contributed by atoms with van der Waals surface area (Å²) in [5.41, 5.74) is 0. The van der Waals surface area contributed by atoms with Gasteiger partial charge in [-0.1, -0.05) is 0 Å². The van der Waals surface area contributed by atoms with Gasteiger partial charge in [-0.3, -0.25) is 9.59 Å². The van der Waals surface area contributed by atoms with Crippen molar-refractivity contribution in [2.24, 2.45) is 5.92 Å². The van der Waals surface area contributed by atoms with Crippen molar-refractivity contribution in [3.05, 3.63) is 12.0 Å². The molecule has 90 valence electrons. The molecule has 1 amide bonds. The first kappa shape index (κ1) is 12.4. The van der Waals surface area contributed by atoms with Crippen molar-refractivity contribution in [3.8, 4) is 0 Å². The van der Waals surface area contributed by atoms with Gasteiger partial charge in [-0.2, -0.15) is 0 Å². The van der Waals surface area contributed by atoms with Crippen LogP contribution < -0.4 is 5.32 Å². The number of carbonyl (C=O) groups excluding carboxylic acids is 1. The van der Waals surface area contributed by atoms with E-state index in [0.717, 1.165) is 0 Å². The summed E-state index contributed by atoms with van der Waals surface area (Å²) in [4.78, 5) is 22.2. The summed E-state index contributed by atoms with van der Waals surface area (Å²) in [6, 6.07) is -0.476. The number of aliphatic carboxylic acids is 1. The van der Waals surface area contributed by atoms with E-state index in [4.69, 9.17) is 14.6 Å². The Labute approximate surface area is 93.2 Å². The maximum atomic E-state index is 11.6. The first-order chi connectivity index (χ1) is 7.52. The molecule has 0 fully saturated rings. The van der Waals surface area contributed by atoms with E-state index in [1.54, 1.807) is 6.92 Å². The number of carboxylic acids is 1. The van der Waals surface area contributed by atoms with Crippen molar-refractivity contribution < 1.29 is 24.2 Å². The molecule has 1 aliphatic heterocycles. The Morgan fingerprint density at radius 3 is 2.62 bits per heavy atom. The van der Waals surface area contributed by atoms with Crippen LogP contribution in [0, 0.1) is 5.92 Å². The molecule has 6 heteroatoms. The zero-order valence-electron chi connectivity index (χ0n) is 9.23. The van der Waals surface area contributed by atoms with E-state index in [1.807, 2.05) is 0 Å². The van der Waals surface area contributed by atoms with E-state index in [1.165, 1.54) is 13.2 Å². The van der Waals surface area contributed by atoms with Crippen molar-refractivity contribution in [1.29, 1.82) is 0 Å². The van der Waals surface area contributed by atoms with Gasteiger partial charge in [-0.05, 0) is 13.8 Å². The van der Waals surface area contributed by atoms with Gasteiger partial charge in [0.1, 0.15) is 19.5 Å². The second-order valence-corrected chi connectivity index (χ2v) is 3.59. The number of carbonyl (C=O) groups is 2. The van der Waals surface area contributed by atoms with Gasteiger partial charge in [-0.25, -0.2) is 0 Å². The summed E-state index contributed by atoms with van der Waals surface area (Å²) >= 11 is 0. The number of rotatable bonds is 4. The first-order valence-electron chi connectivity index (χ1n) is 5.00. The van der Waals surface area contributed by atoms with E-state index in [2.05, 4.69) is 5.32 Å². The number of carboxylic acid groups (broad SMARTS) is 1. The van der Waals surface area contributed by atoms with Crippen molar-refractivity contribution in [2.75, 3.05) is 13.2 Å². The minimum absolute atomic E-state index is 0.0793. The molecule has 1 aliphatic rings. The largest absolute Gasteiger partial charge is 0.494 e. The fourth-order valence-corrected chi connectivity index (χ4v) is 1.10. The zero-order valence-corrected chi connectivity index (χ0v) is 9.23. The van der Waals surface area contributed by atoms with Gasteiger partial charge < -0.3 is 19.9 Å². The van der Waals surface area contributed by atoms with Crippen molar-refractivity contribution in [1.82, 2.24) is 5.32 Å². The van der Waals surface area contributed by atoms with Gasteiger partial charge in [0.05, 0.1) is 5.92 Å². The van der Waals surface area contributed by atoms with E-state index in [-0.39, 0.29) is 5.76 Å². The molecule has 6 nitrogen and oxygen atoms in total. The lowest BCUT2D eigenvalue weighted by molar-refractivity contribution is -0.142. The van der Waals surface area contributed by atoms with Gasteiger partial charge in [0.15, 0.2) is 0 Å². The molecule has 0 aliphatic carbocycles. The minimum Gasteiger partial charge on any atom is -0.494 e. The SMILES string of the molecule is CC(NC(=O)C1=COCCO1)C(C)C(=O)O. The third kappa shape index (κ3) is 3.15. The van der Waals surface area contributed by atoms with Crippen molar-refractivity contribution in [2.45, 2.75) is 19.9 Å². The van der Waals surface area contributed by atoms with Crippen molar-refractivity contribution in [3.63, 3.8) is 0 Å². The molecule has 0 saturated heterocycles. The zero-order chi connectivity index (χ0) is 12.1. The summed E-state index contributed by atoms with van der Waals surface area (Å²) in [6.45, 7) is 3.89. The van der Waals surface area contributed by atoms with E-state index >= 15 is 0 Å². The first-order valence-corrected chi connectivity index (χ1v) is 5.00. The molecule has 0 bridgehead atoms. The molecule has 0 aromatic heterocycles. The topological polar surface area (TPSA) is 84.9 Å². The normalized spacial score (nSPS) is 18.5. The standard InChI is InChI=1S/C10H15NO5/c1-6(10(13)14)7(2)11-9(12)8-5-15-3-4-16-8/h5-7H,3-4H2,1-2H3,(H,11,12)(H,13,14).